The van der Waals surface area contributed by atoms with E-state index in [0.717, 1.165) is 12.8 Å². The molecule has 0 spiro atoms. The van der Waals surface area contributed by atoms with E-state index in [1.54, 1.807) is 17.0 Å². The van der Waals surface area contributed by atoms with Crippen LogP contribution in [0.2, 0.25) is 0 Å². The SMILES string of the molecule is COc1cc(NOC(C)=O)c(C(=O)N2CCC[C@H]2C)cc1OC. The maximum atomic E-state index is 12.8. The molecule has 0 unspecified atom stereocenters. The van der Waals surface area contributed by atoms with E-state index in [0.29, 0.717) is 29.3 Å². The summed E-state index contributed by atoms with van der Waals surface area (Å²) >= 11 is 0. The molecule has 1 N–H and O–H groups in total. The van der Waals surface area contributed by atoms with E-state index in [9.17, 15) is 9.59 Å². The fraction of sp³-hybridized carbons (Fsp3) is 0.500. The molecular weight excluding hydrogens is 300 g/mol. The largest absolute Gasteiger partial charge is 0.493 e. The van der Waals surface area contributed by atoms with E-state index >= 15 is 0 Å². The van der Waals surface area contributed by atoms with Crippen LogP contribution in [0, 0.1) is 0 Å². The number of nitrogens with zero attached hydrogens (tertiary/aromatic N) is 1. The van der Waals surface area contributed by atoms with Gasteiger partial charge in [0.05, 0.1) is 25.5 Å². The van der Waals surface area contributed by atoms with Crippen molar-refractivity contribution in [1.82, 2.24) is 4.90 Å². The second-order valence-electron chi connectivity index (χ2n) is 5.44. The monoisotopic (exact) mass is 322 g/mol. The Kier molecular flexibility index (Phi) is 5.31. The van der Waals surface area contributed by atoms with Crippen LogP contribution in [0.5, 0.6) is 11.5 Å². The molecule has 1 saturated heterocycles. The molecule has 1 atom stereocenters. The highest BCUT2D eigenvalue weighted by atomic mass is 16.7. The topological polar surface area (TPSA) is 77.1 Å². The van der Waals surface area contributed by atoms with E-state index in [1.165, 1.54) is 21.1 Å². The fourth-order valence-corrected chi connectivity index (χ4v) is 2.66. The number of rotatable bonds is 5. The first kappa shape index (κ1) is 16.9. The first-order valence-electron chi connectivity index (χ1n) is 7.48. The lowest BCUT2D eigenvalue weighted by Crippen LogP contribution is -2.34. The molecule has 1 fully saturated rings. The summed E-state index contributed by atoms with van der Waals surface area (Å²) in [7, 11) is 3.00. The Bertz CT molecular complexity index is 602. The van der Waals surface area contributed by atoms with Crippen LogP contribution in [-0.4, -0.2) is 43.6 Å². The van der Waals surface area contributed by atoms with Gasteiger partial charge in [-0.3, -0.25) is 9.59 Å². The fourth-order valence-electron chi connectivity index (χ4n) is 2.66. The summed E-state index contributed by atoms with van der Waals surface area (Å²) in [6, 6.07) is 3.35. The summed E-state index contributed by atoms with van der Waals surface area (Å²) in [6.07, 6.45) is 1.96. The Morgan fingerprint density at radius 3 is 2.39 bits per heavy atom. The third-order valence-corrected chi connectivity index (χ3v) is 3.87. The minimum Gasteiger partial charge on any atom is -0.493 e. The summed E-state index contributed by atoms with van der Waals surface area (Å²) in [5.41, 5.74) is 3.26. The smallest absolute Gasteiger partial charge is 0.329 e. The number of benzene rings is 1. The highest BCUT2D eigenvalue weighted by Gasteiger charge is 2.29. The van der Waals surface area contributed by atoms with Crippen molar-refractivity contribution in [3.8, 4) is 11.5 Å². The molecule has 1 amide bonds. The molecule has 0 aliphatic carbocycles. The zero-order valence-corrected chi connectivity index (χ0v) is 13.8. The molecule has 1 aliphatic rings. The lowest BCUT2D eigenvalue weighted by Gasteiger charge is -2.23. The molecule has 126 valence electrons. The number of carbonyl (C=O) groups is 2. The van der Waals surface area contributed by atoms with Gasteiger partial charge >= 0.3 is 5.97 Å². The summed E-state index contributed by atoms with van der Waals surface area (Å²) in [4.78, 5) is 30.5. The highest BCUT2D eigenvalue weighted by Crippen LogP contribution is 2.35. The van der Waals surface area contributed by atoms with Gasteiger partial charge in [-0.15, -0.1) is 0 Å². The highest BCUT2D eigenvalue weighted by molar-refractivity contribution is 6.01. The molecule has 1 aliphatic heterocycles. The lowest BCUT2D eigenvalue weighted by atomic mass is 10.1. The number of nitrogens with one attached hydrogen (secondary N) is 1. The number of amides is 1. The second kappa shape index (κ2) is 7.21. The van der Waals surface area contributed by atoms with E-state index < -0.39 is 5.97 Å². The molecule has 23 heavy (non-hydrogen) atoms. The average molecular weight is 322 g/mol. The molecule has 1 heterocycles. The summed E-state index contributed by atoms with van der Waals surface area (Å²) in [5, 5.41) is 0. The van der Waals surface area contributed by atoms with Gasteiger partial charge in [0, 0.05) is 25.6 Å². The van der Waals surface area contributed by atoms with Crippen LogP contribution in [0.1, 0.15) is 37.0 Å². The molecule has 0 radical (unpaired) electrons. The first-order valence-corrected chi connectivity index (χ1v) is 7.48. The van der Waals surface area contributed by atoms with Gasteiger partial charge in [0.1, 0.15) is 0 Å². The van der Waals surface area contributed by atoms with Crippen LogP contribution < -0.4 is 15.0 Å². The summed E-state index contributed by atoms with van der Waals surface area (Å²) in [5.74, 6) is 0.238. The third-order valence-electron chi connectivity index (χ3n) is 3.87. The van der Waals surface area contributed by atoms with Gasteiger partial charge in [0.15, 0.2) is 11.5 Å². The molecule has 0 aromatic heterocycles. The van der Waals surface area contributed by atoms with Crippen LogP contribution in [0.4, 0.5) is 5.69 Å². The third kappa shape index (κ3) is 3.67. The number of hydrogen-bond acceptors (Lipinski definition) is 6. The first-order chi connectivity index (χ1) is 11.0. The molecule has 7 nitrogen and oxygen atoms in total. The van der Waals surface area contributed by atoms with Crippen LogP contribution in [-0.2, 0) is 9.63 Å². The quantitative estimate of drug-likeness (QED) is 0.838. The van der Waals surface area contributed by atoms with Crippen LogP contribution >= 0.6 is 0 Å². The Morgan fingerprint density at radius 2 is 1.87 bits per heavy atom. The predicted octanol–water partition coefficient (Wildman–Crippen LogP) is 2.22. The Balaban J connectivity index is 2.41. The zero-order chi connectivity index (χ0) is 17.0. The van der Waals surface area contributed by atoms with E-state index in [4.69, 9.17) is 14.3 Å². The van der Waals surface area contributed by atoms with Crippen molar-refractivity contribution in [2.45, 2.75) is 32.7 Å². The lowest BCUT2D eigenvalue weighted by molar-refractivity contribution is -0.138. The Labute approximate surface area is 135 Å². The van der Waals surface area contributed by atoms with Crippen molar-refractivity contribution in [2.75, 3.05) is 26.2 Å². The van der Waals surface area contributed by atoms with Crippen molar-refractivity contribution in [1.29, 1.82) is 0 Å². The van der Waals surface area contributed by atoms with Gasteiger partial charge in [0.2, 0.25) is 0 Å². The Morgan fingerprint density at radius 1 is 1.22 bits per heavy atom. The minimum atomic E-state index is -0.507. The number of carbonyl (C=O) groups excluding carboxylic acids is 2. The van der Waals surface area contributed by atoms with E-state index in [2.05, 4.69) is 5.48 Å². The van der Waals surface area contributed by atoms with Crippen molar-refractivity contribution in [2.24, 2.45) is 0 Å². The van der Waals surface area contributed by atoms with Gasteiger partial charge in [0.25, 0.3) is 5.91 Å². The normalized spacial score (nSPS) is 16.9. The number of likely N-dealkylation sites (tertiary alicyclic amines) is 1. The number of anilines is 1. The zero-order valence-electron chi connectivity index (χ0n) is 13.8. The number of ether oxygens (including phenoxy) is 2. The molecule has 7 heteroatoms. The maximum Gasteiger partial charge on any atom is 0.329 e. The molecule has 2 rings (SSSR count). The number of methoxy groups -OCH3 is 2. The van der Waals surface area contributed by atoms with E-state index in [-0.39, 0.29) is 11.9 Å². The van der Waals surface area contributed by atoms with Crippen LogP contribution in [0.15, 0.2) is 12.1 Å². The molecule has 0 saturated carbocycles. The predicted molar refractivity (Wildman–Crippen MR) is 84.7 cm³/mol. The molecular formula is C16H22N2O5. The standard InChI is InChI=1S/C16H22N2O5/c1-10-6-5-7-18(10)16(20)12-8-14(21-3)15(22-4)9-13(12)17-23-11(2)19/h8-10,17H,5-7H2,1-4H3/t10-/m1/s1. The average Bonchev–Trinajstić information content (AvgIpc) is 2.97. The van der Waals surface area contributed by atoms with E-state index in [1.807, 2.05) is 6.92 Å². The van der Waals surface area contributed by atoms with Gasteiger partial charge in [-0.2, -0.15) is 0 Å². The Hall–Kier alpha value is -2.44. The molecule has 1 aromatic rings. The van der Waals surface area contributed by atoms with Crippen molar-refractivity contribution in [3.63, 3.8) is 0 Å². The van der Waals surface area contributed by atoms with Crippen molar-refractivity contribution in [3.05, 3.63) is 17.7 Å². The molecule has 0 bridgehead atoms. The van der Waals surface area contributed by atoms with Gasteiger partial charge < -0.3 is 19.2 Å². The summed E-state index contributed by atoms with van der Waals surface area (Å²) in [6.45, 7) is 4.00. The minimum absolute atomic E-state index is 0.134. The van der Waals surface area contributed by atoms with Gasteiger partial charge in [-0.25, -0.2) is 5.48 Å². The molecule has 1 aromatic carbocycles. The number of hydrogen-bond donors (Lipinski definition) is 1. The van der Waals surface area contributed by atoms with Gasteiger partial charge in [-0.1, -0.05) is 0 Å². The van der Waals surface area contributed by atoms with Crippen LogP contribution in [0.25, 0.3) is 0 Å². The van der Waals surface area contributed by atoms with Crippen molar-refractivity contribution < 1.29 is 23.9 Å². The maximum absolute atomic E-state index is 12.8. The summed E-state index contributed by atoms with van der Waals surface area (Å²) < 4.78 is 10.5. The van der Waals surface area contributed by atoms with Crippen molar-refractivity contribution >= 4 is 17.6 Å². The second-order valence-corrected chi connectivity index (χ2v) is 5.44. The van der Waals surface area contributed by atoms with Gasteiger partial charge in [-0.05, 0) is 25.8 Å². The van der Waals surface area contributed by atoms with Crippen LogP contribution in [0.3, 0.4) is 0 Å².